The van der Waals surface area contributed by atoms with Crippen molar-refractivity contribution in [2.75, 3.05) is 25.5 Å². The Hall–Kier alpha value is -6.38. The summed E-state index contributed by atoms with van der Waals surface area (Å²) in [4.78, 5) is 25.5. The predicted molar refractivity (Wildman–Crippen MR) is 286 cm³/mol. The van der Waals surface area contributed by atoms with Gasteiger partial charge in [0.25, 0.3) is 0 Å². The molecule has 0 aliphatic rings. The molecule has 8 aromatic carbocycles. The molecule has 0 fully saturated rings. The number of halogens is 2. The molecule has 0 saturated heterocycles. The number of ketones is 2. The third-order valence-corrected chi connectivity index (χ3v) is 21.1. The van der Waals surface area contributed by atoms with Crippen molar-refractivity contribution >= 4 is 70.1 Å². The van der Waals surface area contributed by atoms with Gasteiger partial charge < -0.3 is 34.3 Å². The van der Waals surface area contributed by atoms with Crippen molar-refractivity contribution in [3.63, 3.8) is 0 Å². The molecular weight excluding hydrogens is 930 g/mol. The van der Waals surface area contributed by atoms with Crippen molar-refractivity contribution in [3.8, 4) is 11.5 Å². The van der Waals surface area contributed by atoms with Crippen LogP contribution in [0.1, 0.15) is 30.4 Å². The monoisotopic (exact) mass is 984 g/mol. The molecule has 0 aliphatic heterocycles. The number of hydrogen-bond acceptors (Lipinski definition) is 4. The van der Waals surface area contributed by atoms with Gasteiger partial charge in [-0.15, -0.1) is 0 Å². The largest absolute Gasteiger partial charge is 1.00 e. The summed E-state index contributed by atoms with van der Waals surface area (Å²) in [7, 11) is -3.83. The minimum atomic E-state index is -1.92. The average molecular weight is 986 g/mol. The van der Waals surface area contributed by atoms with E-state index in [9.17, 15) is 9.59 Å². The molecule has 8 rings (SSSR count). The van der Waals surface area contributed by atoms with Crippen LogP contribution >= 0.6 is 14.5 Å². The molecule has 0 saturated carbocycles. The molecule has 0 spiro atoms. The van der Waals surface area contributed by atoms with Gasteiger partial charge in [-0.3, -0.25) is 9.59 Å². The van der Waals surface area contributed by atoms with E-state index in [2.05, 4.69) is 182 Å². The van der Waals surface area contributed by atoms with E-state index < -0.39 is 14.5 Å². The number of benzene rings is 8. The van der Waals surface area contributed by atoms with E-state index in [4.69, 9.17) is 9.47 Å². The highest BCUT2D eigenvalue weighted by molar-refractivity contribution is 7.96. The predicted octanol–water partition coefficient (Wildman–Crippen LogP) is 5.48. The Balaban J connectivity index is 0.00000391. The van der Waals surface area contributed by atoms with Crippen LogP contribution in [0.5, 0.6) is 11.5 Å². The fourth-order valence-electron chi connectivity index (χ4n) is 8.77. The van der Waals surface area contributed by atoms with Crippen molar-refractivity contribution in [1.29, 1.82) is 0 Å². The summed E-state index contributed by atoms with van der Waals surface area (Å²) in [5.74, 6) is 1.05. The molecule has 69 heavy (non-hydrogen) atoms. The molecular formula is C61H56Cl2O4P2. The Morgan fingerprint density at radius 2 is 0.594 bits per heavy atom. The first kappa shape index (κ1) is 52.0. The van der Waals surface area contributed by atoms with Gasteiger partial charge in [0.2, 0.25) is 0 Å². The molecule has 0 aromatic heterocycles. The van der Waals surface area contributed by atoms with Crippen molar-refractivity contribution in [3.05, 3.63) is 254 Å². The van der Waals surface area contributed by atoms with Crippen LogP contribution < -0.4 is 66.1 Å². The summed E-state index contributed by atoms with van der Waals surface area (Å²) in [5, 5.41) is 8.19. The lowest BCUT2D eigenvalue weighted by molar-refractivity contribution is -0.121. The maximum absolute atomic E-state index is 12.8. The van der Waals surface area contributed by atoms with E-state index in [1.54, 1.807) is 12.2 Å². The van der Waals surface area contributed by atoms with Crippen molar-refractivity contribution < 1.29 is 43.9 Å². The second-order valence-electron chi connectivity index (χ2n) is 16.4. The smallest absolute Gasteiger partial charge is 0.163 e. The second-order valence-corrected chi connectivity index (χ2v) is 23.6. The molecule has 0 aliphatic carbocycles. The van der Waals surface area contributed by atoms with Crippen LogP contribution in [0.15, 0.2) is 243 Å². The molecule has 0 amide bonds. The Bertz CT molecular complexity index is 2440. The lowest BCUT2D eigenvalue weighted by atomic mass is 10.1. The summed E-state index contributed by atoms with van der Waals surface area (Å²) in [5.41, 5.74) is 1.72. The SMILES string of the molecule is O=C(/C=C/c1ccc(OCCC[P+](c2ccccc2)(c2ccccc2)c2ccccc2)cc1)CC(=O)/C=C/c1ccc(OCCC[P+](c2ccccc2)(c2ccccc2)c2ccccc2)cc1.[Cl-].[Cl-]. The number of carbonyl (C=O) groups is 2. The zero-order chi connectivity index (χ0) is 46.0. The van der Waals surface area contributed by atoms with E-state index in [0.29, 0.717) is 13.2 Å². The first-order valence-electron chi connectivity index (χ1n) is 23.0. The summed E-state index contributed by atoms with van der Waals surface area (Å²) in [6.45, 7) is 1.16. The average Bonchev–Trinajstić information content (AvgIpc) is 3.40. The van der Waals surface area contributed by atoms with Gasteiger partial charge in [0.15, 0.2) is 11.6 Å². The molecule has 0 radical (unpaired) electrons. The van der Waals surface area contributed by atoms with E-state index in [1.165, 1.54) is 44.0 Å². The second kappa shape index (κ2) is 26.4. The Labute approximate surface area is 421 Å². The highest BCUT2D eigenvalue weighted by atomic mass is 35.5. The third kappa shape index (κ3) is 13.4. The number of allylic oxidation sites excluding steroid dienone is 2. The van der Waals surface area contributed by atoms with E-state index in [1.807, 2.05) is 48.5 Å². The zero-order valence-corrected chi connectivity index (χ0v) is 41.8. The van der Waals surface area contributed by atoms with Gasteiger partial charge in [0.1, 0.15) is 57.9 Å². The molecule has 0 bridgehead atoms. The van der Waals surface area contributed by atoms with Crippen LogP contribution in [0.3, 0.4) is 0 Å². The standard InChI is InChI=1S/C61H56O4P2.2ClH/c62-52(39-33-50-35-41-54(42-36-50)64-45-19-47-66(56-21-7-1-8-22-56,57-23-9-2-10-24-57)58-25-11-3-12-26-58)49-53(63)40-34-51-37-43-55(44-38-51)65-46-20-48-67(59-27-13-4-14-28-59,60-29-15-5-16-30-60)61-31-17-6-18-32-61;;/h1-18,21-44H,19-20,45-49H2;2*1H/q+2;;/p-2/b39-33+,40-34+;;. The molecule has 8 aromatic rings. The highest BCUT2D eigenvalue weighted by Crippen LogP contribution is 2.56. The van der Waals surface area contributed by atoms with Crippen LogP contribution in [-0.2, 0) is 9.59 Å². The lowest BCUT2D eigenvalue weighted by Gasteiger charge is -2.27. The molecule has 0 unspecified atom stereocenters. The van der Waals surface area contributed by atoms with Crippen LogP contribution in [0.4, 0.5) is 0 Å². The Morgan fingerprint density at radius 1 is 0.348 bits per heavy atom. The molecule has 4 nitrogen and oxygen atoms in total. The van der Waals surface area contributed by atoms with Gasteiger partial charge in [-0.05, 0) is 120 Å². The number of carbonyl (C=O) groups excluding carboxylic acids is 2. The maximum atomic E-state index is 12.8. The zero-order valence-electron chi connectivity index (χ0n) is 38.5. The van der Waals surface area contributed by atoms with E-state index >= 15 is 0 Å². The summed E-state index contributed by atoms with van der Waals surface area (Å²) in [6, 6.07) is 80.8. The fourth-order valence-corrected chi connectivity index (χ4v) is 17.4. The van der Waals surface area contributed by atoms with Crippen LogP contribution in [0.2, 0.25) is 0 Å². The van der Waals surface area contributed by atoms with Gasteiger partial charge in [-0.2, -0.15) is 0 Å². The van der Waals surface area contributed by atoms with E-state index in [-0.39, 0.29) is 42.8 Å². The van der Waals surface area contributed by atoms with Crippen LogP contribution in [-0.4, -0.2) is 37.1 Å². The minimum Gasteiger partial charge on any atom is -1.00 e. The number of ether oxygens (including phenoxy) is 2. The first-order chi connectivity index (χ1) is 33.0. The van der Waals surface area contributed by atoms with Crippen molar-refractivity contribution in [2.45, 2.75) is 19.3 Å². The van der Waals surface area contributed by atoms with Crippen LogP contribution in [0, 0.1) is 0 Å². The molecule has 0 atom stereocenters. The van der Waals surface area contributed by atoms with Gasteiger partial charge in [-0.1, -0.05) is 146 Å². The summed E-state index contributed by atoms with van der Waals surface area (Å²) >= 11 is 0. The number of hydrogen-bond donors (Lipinski definition) is 0. The van der Waals surface area contributed by atoms with E-state index in [0.717, 1.165) is 47.8 Å². The van der Waals surface area contributed by atoms with Crippen molar-refractivity contribution in [2.24, 2.45) is 0 Å². The fraction of sp³-hybridized carbons (Fsp3) is 0.115. The van der Waals surface area contributed by atoms with Gasteiger partial charge >= 0.3 is 0 Å². The Morgan fingerprint density at radius 3 is 0.841 bits per heavy atom. The van der Waals surface area contributed by atoms with Gasteiger partial charge in [0, 0.05) is 12.8 Å². The first-order valence-corrected chi connectivity index (χ1v) is 27.0. The molecule has 0 N–H and O–H groups in total. The Kier molecular flexibility index (Phi) is 19.9. The van der Waals surface area contributed by atoms with Gasteiger partial charge in [0.05, 0.1) is 32.0 Å². The van der Waals surface area contributed by atoms with Crippen molar-refractivity contribution in [1.82, 2.24) is 0 Å². The van der Waals surface area contributed by atoms with Gasteiger partial charge in [-0.25, -0.2) is 0 Å². The lowest BCUT2D eigenvalue weighted by Crippen LogP contribution is -3.00. The minimum absolute atomic E-state index is 0. The molecule has 0 heterocycles. The highest BCUT2D eigenvalue weighted by Gasteiger charge is 2.45. The topological polar surface area (TPSA) is 52.6 Å². The molecule has 8 heteroatoms. The van der Waals surface area contributed by atoms with Crippen LogP contribution in [0.25, 0.3) is 12.2 Å². The summed E-state index contributed by atoms with van der Waals surface area (Å²) in [6.07, 6.45) is 9.95. The molecule has 348 valence electrons. The maximum Gasteiger partial charge on any atom is 0.163 e. The normalized spacial score (nSPS) is 11.4. The number of rotatable bonds is 22. The quantitative estimate of drug-likeness (QED) is 0.0392. The third-order valence-electron chi connectivity index (χ3n) is 12.0. The summed E-state index contributed by atoms with van der Waals surface area (Å²) < 4.78 is 12.5.